The number of carboxylic acid groups (broad SMARTS) is 1. The summed E-state index contributed by atoms with van der Waals surface area (Å²) in [5.41, 5.74) is 0.436. The number of carbonyl (C=O) groups excluding carboxylic acids is 1. The first-order valence-electron chi connectivity index (χ1n) is 8.08. The molecule has 134 valence electrons. The zero-order valence-corrected chi connectivity index (χ0v) is 13.9. The maximum atomic E-state index is 12.5. The zero-order chi connectivity index (χ0) is 18.7. The molecule has 0 radical (unpaired) electrons. The van der Waals surface area contributed by atoms with E-state index in [1.807, 2.05) is 23.1 Å². The van der Waals surface area contributed by atoms with E-state index in [2.05, 4.69) is 0 Å². The number of amides is 1. The lowest BCUT2D eigenvalue weighted by atomic mass is 10.1. The van der Waals surface area contributed by atoms with Crippen molar-refractivity contribution in [3.05, 3.63) is 69.8 Å². The monoisotopic (exact) mass is 355 g/mol. The number of hydrogen-bond acceptors (Lipinski definition) is 5. The molecule has 0 bridgehead atoms. The van der Waals surface area contributed by atoms with E-state index in [-0.39, 0.29) is 11.5 Å². The van der Waals surface area contributed by atoms with Gasteiger partial charge in [-0.05, 0) is 24.3 Å². The number of rotatable bonds is 4. The van der Waals surface area contributed by atoms with Crippen LogP contribution in [0.2, 0.25) is 0 Å². The average Bonchev–Trinajstić information content (AvgIpc) is 2.67. The molecule has 0 aromatic heterocycles. The van der Waals surface area contributed by atoms with Gasteiger partial charge in [0.05, 0.1) is 4.92 Å². The maximum Gasteiger partial charge on any atom is 0.342 e. The molecule has 8 heteroatoms. The standard InChI is InChI=1S/C18H17N3O5/c22-17(13-4-2-1-3-5-13)20-10-8-19(9-11-20)14-6-7-15(18(23)24)16(12-14)21(25)26/h1-7,12H,8-11H2,(H,23,24). The summed E-state index contributed by atoms with van der Waals surface area (Å²) in [5.74, 6) is -1.38. The van der Waals surface area contributed by atoms with Gasteiger partial charge in [-0.25, -0.2) is 4.79 Å². The third-order valence-electron chi connectivity index (χ3n) is 4.36. The number of benzene rings is 2. The van der Waals surface area contributed by atoms with Gasteiger partial charge >= 0.3 is 5.97 Å². The molecule has 3 rings (SSSR count). The molecule has 0 aliphatic carbocycles. The molecule has 2 aromatic carbocycles. The minimum Gasteiger partial charge on any atom is -0.477 e. The number of nitro benzene ring substituents is 1. The Hall–Kier alpha value is -3.42. The summed E-state index contributed by atoms with van der Waals surface area (Å²) in [6, 6.07) is 13.1. The quantitative estimate of drug-likeness (QED) is 0.666. The van der Waals surface area contributed by atoms with Crippen LogP contribution in [0, 0.1) is 10.1 Å². The molecule has 2 aromatic rings. The Balaban J connectivity index is 1.72. The molecule has 1 aliphatic rings. The van der Waals surface area contributed by atoms with Crippen molar-refractivity contribution in [1.29, 1.82) is 0 Å². The fourth-order valence-corrected chi connectivity index (χ4v) is 2.98. The maximum absolute atomic E-state index is 12.5. The van der Waals surface area contributed by atoms with Crippen molar-refractivity contribution in [2.45, 2.75) is 0 Å². The molecule has 1 heterocycles. The van der Waals surface area contributed by atoms with Gasteiger partial charge in [-0.1, -0.05) is 18.2 Å². The van der Waals surface area contributed by atoms with Crippen LogP contribution in [0.25, 0.3) is 0 Å². The van der Waals surface area contributed by atoms with Crippen molar-refractivity contribution >= 4 is 23.3 Å². The predicted octanol–water partition coefficient (Wildman–Crippen LogP) is 2.26. The molecular formula is C18H17N3O5. The molecule has 1 fully saturated rings. The van der Waals surface area contributed by atoms with Crippen LogP contribution >= 0.6 is 0 Å². The lowest BCUT2D eigenvalue weighted by Crippen LogP contribution is -2.48. The van der Waals surface area contributed by atoms with Gasteiger partial charge in [-0.3, -0.25) is 14.9 Å². The fraction of sp³-hybridized carbons (Fsp3) is 0.222. The van der Waals surface area contributed by atoms with Crippen LogP contribution in [-0.4, -0.2) is 53.0 Å². The smallest absolute Gasteiger partial charge is 0.342 e. The molecule has 0 unspecified atom stereocenters. The number of nitro groups is 1. The van der Waals surface area contributed by atoms with E-state index in [0.29, 0.717) is 37.4 Å². The van der Waals surface area contributed by atoms with Crippen LogP contribution in [0.5, 0.6) is 0 Å². The van der Waals surface area contributed by atoms with E-state index in [4.69, 9.17) is 5.11 Å². The molecular weight excluding hydrogens is 338 g/mol. The summed E-state index contributed by atoms with van der Waals surface area (Å²) in [6.45, 7) is 2.01. The van der Waals surface area contributed by atoms with Gasteiger partial charge < -0.3 is 14.9 Å². The van der Waals surface area contributed by atoms with Gasteiger partial charge in [-0.2, -0.15) is 0 Å². The number of hydrogen-bond donors (Lipinski definition) is 1. The minimum absolute atomic E-state index is 0.0440. The van der Waals surface area contributed by atoms with Crippen molar-refractivity contribution in [1.82, 2.24) is 4.90 Å². The van der Waals surface area contributed by atoms with E-state index >= 15 is 0 Å². The Kier molecular flexibility index (Phi) is 4.83. The second-order valence-electron chi connectivity index (χ2n) is 5.91. The predicted molar refractivity (Wildman–Crippen MR) is 94.6 cm³/mol. The summed E-state index contributed by atoms with van der Waals surface area (Å²) in [4.78, 5) is 37.7. The Labute approximate surface area is 149 Å². The fourth-order valence-electron chi connectivity index (χ4n) is 2.98. The van der Waals surface area contributed by atoms with Gasteiger partial charge in [0.1, 0.15) is 5.56 Å². The SMILES string of the molecule is O=C(O)c1ccc(N2CCN(C(=O)c3ccccc3)CC2)cc1[N+](=O)[O-]. The second-order valence-corrected chi connectivity index (χ2v) is 5.91. The highest BCUT2D eigenvalue weighted by atomic mass is 16.6. The molecule has 26 heavy (non-hydrogen) atoms. The summed E-state index contributed by atoms with van der Waals surface area (Å²) < 4.78 is 0. The van der Waals surface area contributed by atoms with E-state index in [1.54, 1.807) is 23.1 Å². The second kappa shape index (κ2) is 7.22. The highest BCUT2D eigenvalue weighted by Gasteiger charge is 2.25. The minimum atomic E-state index is -1.33. The van der Waals surface area contributed by atoms with Crippen molar-refractivity contribution in [3.8, 4) is 0 Å². The van der Waals surface area contributed by atoms with Crippen molar-refractivity contribution in [2.75, 3.05) is 31.1 Å². The number of nitrogens with zero attached hydrogens (tertiary/aromatic N) is 3. The van der Waals surface area contributed by atoms with Crippen LogP contribution in [0.4, 0.5) is 11.4 Å². The first kappa shape index (κ1) is 17.4. The van der Waals surface area contributed by atoms with Gasteiger partial charge in [0.2, 0.25) is 0 Å². The highest BCUT2D eigenvalue weighted by Crippen LogP contribution is 2.26. The summed E-state index contributed by atoms with van der Waals surface area (Å²) in [6.07, 6.45) is 0. The van der Waals surface area contributed by atoms with E-state index < -0.39 is 16.6 Å². The molecule has 8 nitrogen and oxygen atoms in total. The normalized spacial score (nSPS) is 14.2. The lowest BCUT2D eigenvalue weighted by molar-refractivity contribution is -0.385. The highest BCUT2D eigenvalue weighted by molar-refractivity contribution is 5.94. The number of piperazine rings is 1. The first-order valence-corrected chi connectivity index (χ1v) is 8.08. The van der Waals surface area contributed by atoms with Crippen LogP contribution in [0.3, 0.4) is 0 Å². The Morgan fingerprint density at radius 2 is 1.65 bits per heavy atom. The largest absolute Gasteiger partial charge is 0.477 e. The summed E-state index contributed by atoms with van der Waals surface area (Å²) >= 11 is 0. The topological polar surface area (TPSA) is 104 Å². The van der Waals surface area contributed by atoms with Crippen LogP contribution in [0.1, 0.15) is 20.7 Å². The third kappa shape index (κ3) is 3.49. The average molecular weight is 355 g/mol. The van der Waals surface area contributed by atoms with Crippen LogP contribution < -0.4 is 4.90 Å². The Morgan fingerprint density at radius 1 is 1.00 bits per heavy atom. The zero-order valence-electron chi connectivity index (χ0n) is 13.9. The Bertz CT molecular complexity index is 845. The van der Waals surface area contributed by atoms with Gasteiger partial charge in [0.25, 0.3) is 11.6 Å². The first-order chi connectivity index (χ1) is 12.5. The van der Waals surface area contributed by atoms with Crippen molar-refractivity contribution in [2.24, 2.45) is 0 Å². The van der Waals surface area contributed by atoms with E-state index in [1.165, 1.54) is 12.1 Å². The number of aromatic carboxylic acids is 1. The van der Waals surface area contributed by atoms with Crippen molar-refractivity contribution < 1.29 is 19.6 Å². The molecule has 0 spiro atoms. The van der Waals surface area contributed by atoms with Crippen LogP contribution in [-0.2, 0) is 0 Å². The summed E-state index contributed by atoms with van der Waals surface area (Å²) in [7, 11) is 0. The van der Waals surface area contributed by atoms with Gasteiger partial charge in [0, 0.05) is 43.5 Å². The van der Waals surface area contributed by atoms with Crippen molar-refractivity contribution in [3.63, 3.8) is 0 Å². The molecule has 0 atom stereocenters. The molecule has 1 amide bonds. The number of anilines is 1. The third-order valence-corrected chi connectivity index (χ3v) is 4.36. The van der Waals surface area contributed by atoms with Gasteiger partial charge in [-0.15, -0.1) is 0 Å². The van der Waals surface area contributed by atoms with E-state index in [9.17, 15) is 19.7 Å². The molecule has 1 saturated heterocycles. The van der Waals surface area contributed by atoms with Gasteiger partial charge in [0.15, 0.2) is 0 Å². The summed E-state index contributed by atoms with van der Waals surface area (Å²) in [5, 5.41) is 20.2. The molecule has 1 N–H and O–H groups in total. The molecule has 0 saturated carbocycles. The number of carboxylic acids is 1. The van der Waals surface area contributed by atoms with Crippen LogP contribution in [0.15, 0.2) is 48.5 Å². The Morgan fingerprint density at radius 3 is 2.23 bits per heavy atom. The number of carbonyl (C=O) groups is 2. The lowest BCUT2D eigenvalue weighted by Gasteiger charge is -2.36. The van der Waals surface area contributed by atoms with E-state index in [0.717, 1.165) is 0 Å². The molecule has 1 aliphatic heterocycles.